The first-order valence-electron chi connectivity index (χ1n) is 9.16. The van der Waals surface area contributed by atoms with Crippen LogP contribution in [-0.2, 0) is 11.3 Å². The molecule has 1 saturated carbocycles. The molecule has 140 valence electrons. The highest BCUT2D eigenvalue weighted by Crippen LogP contribution is 2.29. The number of esters is 1. The van der Waals surface area contributed by atoms with Crippen molar-refractivity contribution in [3.63, 3.8) is 0 Å². The Balaban J connectivity index is 2.13. The normalized spacial score (nSPS) is 15.5. The molecule has 3 N–H and O–H groups in total. The molecule has 0 spiro atoms. The van der Waals surface area contributed by atoms with Crippen molar-refractivity contribution in [2.45, 2.75) is 58.0 Å². The zero-order valence-electron chi connectivity index (χ0n) is 15.0. The van der Waals surface area contributed by atoms with E-state index in [4.69, 9.17) is 15.6 Å². The summed E-state index contributed by atoms with van der Waals surface area (Å²) in [4.78, 5) is 14.7. The van der Waals surface area contributed by atoms with Gasteiger partial charge in [0.2, 0.25) is 0 Å². The Morgan fingerprint density at radius 2 is 2.08 bits per heavy atom. The molecule has 0 atom stereocenters. The molecule has 0 heterocycles. The lowest BCUT2D eigenvalue weighted by Gasteiger charge is -2.34. The van der Waals surface area contributed by atoms with Gasteiger partial charge < -0.3 is 15.6 Å². The smallest absolute Gasteiger partial charge is 0.338 e. The number of carbonyl (C=O) groups is 1. The van der Waals surface area contributed by atoms with Crippen molar-refractivity contribution in [1.82, 2.24) is 4.90 Å². The van der Waals surface area contributed by atoms with Crippen LogP contribution in [-0.4, -0.2) is 41.8 Å². The number of benzene rings is 1. The Kier molecular flexibility index (Phi) is 8.19. The van der Waals surface area contributed by atoms with Gasteiger partial charge in [-0.2, -0.15) is 0 Å². The number of aliphatic hydroxyl groups excluding tert-OH is 1. The number of rotatable bonds is 8. The van der Waals surface area contributed by atoms with Crippen molar-refractivity contribution in [2.24, 2.45) is 0 Å². The van der Waals surface area contributed by atoms with E-state index in [2.05, 4.69) is 27.8 Å². The summed E-state index contributed by atoms with van der Waals surface area (Å²) in [5.74, 6) is -0.379. The summed E-state index contributed by atoms with van der Waals surface area (Å²) in [6, 6.07) is 4.14. The summed E-state index contributed by atoms with van der Waals surface area (Å²) in [6.45, 7) is 4.11. The molecule has 2 rings (SSSR count). The van der Waals surface area contributed by atoms with E-state index in [0.29, 0.717) is 23.7 Å². The number of hydrogen-bond donors (Lipinski definition) is 2. The van der Waals surface area contributed by atoms with Crippen LogP contribution in [0.1, 0.15) is 61.4 Å². The summed E-state index contributed by atoms with van der Waals surface area (Å²) >= 11 is 3.46. The van der Waals surface area contributed by atoms with Crippen molar-refractivity contribution in [2.75, 3.05) is 25.5 Å². The predicted octanol–water partition coefficient (Wildman–Crippen LogP) is 3.73. The van der Waals surface area contributed by atoms with Gasteiger partial charge in [0.15, 0.2) is 0 Å². The second kappa shape index (κ2) is 10.1. The molecule has 0 radical (unpaired) electrons. The third-order valence-corrected chi connectivity index (χ3v) is 5.51. The van der Waals surface area contributed by atoms with Crippen LogP contribution in [0, 0.1) is 0 Å². The quantitative estimate of drug-likeness (QED) is 0.386. The van der Waals surface area contributed by atoms with Crippen LogP contribution >= 0.6 is 15.9 Å². The van der Waals surface area contributed by atoms with Crippen molar-refractivity contribution < 1.29 is 14.6 Å². The predicted molar refractivity (Wildman–Crippen MR) is 103 cm³/mol. The average Bonchev–Trinajstić information content (AvgIpc) is 2.63. The second-order valence-corrected chi connectivity index (χ2v) is 7.45. The lowest BCUT2D eigenvalue weighted by molar-refractivity contribution is 0.0482. The van der Waals surface area contributed by atoms with Gasteiger partial charge in [0.25, 0.3) is 0 Å². The van der Waals surface area contributed by atoms with E-state index in [-0.39, 0.29) is 19.2 Å². The van der Waals surface area contributed by atoms with E-state index in [0.717, 1.165) is 23.1 Å². The highest BCUT2D eigenvalue weighted by atomic mass is 79.9. The van der Waals surface area contributed by atoms with E-state index in [1.54, 1.807) is 6.07 Å². The molecule has 1 aromatic carbocycles. The van der Waals surface area contributed by atoms with Gasteiger partial charge >= 0.3 is 5.97 Å². The minimum Gasteiger partial charge on any atom is -0.462 e. The van der Waals surface area contributed by atoms with Gasteiger partial charge in [-0.25, -0.2) is 4.79 Å². The number of halogens is 1. The molecule has 1 aliphatic carbocycles. The maximum atomic E-state index is 12.2. The van der Waals surface area contributed by atoms with Crippen LogP contribution in [0.5, 0.6) is 0 Å². The van der Waals surface area contributed by atoms with E-state index < -0.39 is 0 Å². The molecule has 0 amide bonds. The van der Waals surface area contributed by atoms with E-state index in [9.17, 15) is 4.79 Å². The fraction of sp³-hybridized carbons (Fsp3) is 0.632. The molecular weight excluding hydrogens is 384 g/mol. The second-order valence-electron chi connectivity index (χ2n) is 6.60. The minimum atomic E-state index is -0.379. The average molecular weight is 413 g/mol. The molecule has 1 aliphatic rings. The van der Waals surface area contributed by atoms with Gasteiger partial charge in [0, 0.05) is 30.1 Å². The van der Waals surface area contributed by atoms with Gasteiger partial charge in [-0.15, -0.1) is 0 Å². The van der Waals surface area contributed by atoms with Crippen molar-refractivity contribution >= 4 is 27.6 Å². The molecule has 0 aromatic heterocycles. The number of nitrogens with two attached hydrogens (primary N) is 1. The Hall–Kier alpha value is -1.11. The van der Waals surface area contributed by atoms with Crippen LogP contribution in [0.4, 0.5) is 5.69 Å². The molecule has 25 heavy (non-hydrogen) atoms. The molecular formula is C19H29BrN2O3. The molecule has 0 bridgehead atoms. The zero-order valence-corrected chi connectivity index (χ0v) is 16.6. The Morgan fingerprint density at radius 1 is 1.36 bits per heavy atom. The van der Waals surface area contributed by atoms with Crippen LogP contribution < -0.4 is 5.73 Å². The van der Waals surface area contributed by atoms with Gasteiger partial charge in [-0.3, -0.25) is 4.90 Å². The third kappa shape index (κ3) is 5.69. The third-order valence-electron chi connectivity index (χ3n) is 4.86. The first kappa shape index (κ1) is 20.2. The Labute approximate surface area is 158 Å². The fourth-order valence-electron chi connectivity index (χ4n) is 3.40. The molecule has 0 saturated heterocycles. The van der Waals surface area contributed by atoms with Gasteiger partial charge in [-0.1, -0.05) is 26.2 Å². The largest absolute Gasteiger partial charge is 0.462 e. The lowest BCUT2D eigenvalue weighted by Crippen LogP contribution is -2.36. The number of aliphatic hydroxyl groups is 1. The van der Waals surface area contributed by atoms with Crippen molar-refractivity contribution in [3.8, 4) is 0 Å². The topological polar surface area (TPSA) is 75.8 Å². The van der Waals surface area contributed by atoms with Gasteiger partial charge in [-0.05, 0) is 53.0 Å². The summed E-state index contributed by atoms with van der Waals surface area (Å²) in [6.07, 6.45) is 6.82. The number of anilines is 1. The van der Waals surface area contributed by atoms with E-state index >= 15 is 0 Å². The monoisotopic (exact) mass is 412 g/mol. The van der Waals surface area contributed by atoms with Crippen molar-refractivity contribution in [1.29, 1.82) is 0 Å². The zero-order chi connectivity index (χ0) is 18.2. The summed E-state index contributed by atoms with van der Waals surface area (Å²) in [7, 11) is 0. The minimum absolute atomic E-state index is 0.0107. The molecule has 6 heteroatoms. The molecule has 0 unspecified atom stereocenters. The fourth-order valence-corrected chi connectivity index (χ4v) is 3.90. The first-order valence-corrected chi connectivity index (χ1v) is 9.96. The lowest BCUT2D eigenvalue weighted by atomic mass is 9.93. The Bertz CT molecular complexity index is 574. The van der Waals surface area contributed by atoms with Crippen LogP contribution in [0.25, 0.3) is 0 Å². The van der Waals surface area contributed by atoms with Crippen LogP contribution in [0.15, 0.2) is 16.6 Å². The highest BCUT2D eigenvalue weighted by Gasteiger charge is 2.22. The maximum Gasteiger partial charge on any atom is 0.338 e. The number of ether oxygens (including phenoxy) is 1. The number of nitrogens with zero attached hydrogens (tertiary/aromatic N) is 1. The summed E-state index contributed by atoms with van der Waals surface area (Å²) in [5, 5.41) is 8.80. The number of carbonyl (C=O) groups excluding carboxylic acids is 1. The van der Waals surface area contributed by atoms with Gasteiger partial charge in [0.1, 0.15) is 0 Å². The SMILES string of the molecule is CCN(Cc1cc(C(=O)OCCCO)cc(Br)c1N)C1CCCCC1. The molecule has 1 fully saturated rings. The number of nitrogen functional groups attached to an aromatic ring is 1. The number of hydrogen-bond acceptors (Lipinski definition) is 5. The van der Waals surface area contributed by atoms with Crippen LogP contribution in [0.3, 0.4) is 0 Å². The highest BCUT2D eigenvalue weighted by molar-refractivity contribution is 9.10. The van der Waals surface area contributed by atoms with Crippen molar-refractivity contribution in [3.05, 3.63) is 27.7 Å². The Morgan fingerprint density at radius 3 is 2.72 bits per heavy atom. The summed E-state index contributed by atoms with van der Waals surface area (Å²) in [5.41, 5.74) is 8.38. The molecule has 1 aromatic rings. The molecule has 5 nitrogen and oxygen atoms in total. The maximum absolute atomic E-state index is 12.2. The van der Waals surface area contributed by atoms with E-state index in [1.165, 1.54) is 32.1 Å². The van der Waals surface area contributed by atoms with Gasteiger partial charge in [0.05, 0.1) is 17.9 Å². The summed E-state index contributed by atoms with van der Waals surface area (Å²) < 4.78 is 5.91. The first-order chi connectivity index (χ1) is 12.1. The van der Waals surface area contributed by atoms with Crippen LogP contribution in [0.2, 0.25) is 0 Å². The van der Waals surface area contributed by atoms with E-state index in [1.807, 2.05) is 6.07 Å². The standard InChI is InChI=1S/C19H29BrN2O3/c1-2-22(16-7-4-3-5-8-16)13-15-11-14(12-17(20)18(15)21)19(24)25-10-6-9-23/h11-12,16,23H,2-10,13,21H2,1H3. The molecule has 0 aliphatic heterocycles.